The van der Waals surface area contributed by atoms with Gasteiger partial charge in [-0.25, -0.2) is 9.78 Å². The van der Waals surface area contributed by atoms with Gasteiger partial charge >= 0.3 is 6.03 Å². The number of rotatable bonds is 4. The van der Waals surface area contributed by atoms with E-state index in [1.165, 1.54) is 12.1 Å². The van der Waals surface area contributed by atoms with Crippen molar-refractivity contribution in [2.45, 2.75) is 13.0 Å². The van der Waals surface area contributed by atoms with Gasteiger partial charge in [0.25, 0.3) is 5.69 Å². The van der Waals surface area contributed by atoms with Gasteiger partial charge in [0.1, 0.15) is 11.9 Å². The fourth-order valence-corrected chi connectivity index (χ4v) is 3.14. The maximum atomic E-state index is 12.5. The highest BCUT2D eigenvalue weighted by Crippen LogP contribution is 2.18. The summed E-state index contributed by atoms with van der Waals surface area (Å²) in [6, 6.07) is 11.6. The molecule has 1 aromatic heterocycles. The van der Waals surface area contributed by atoms with Crippen molar-refractivity contribution < 1.29 is 9.72 Å². The van der Waals surface area contributed by atoms with Crippen molar-refractivity contribution >= 4 is 17.5 Å². The van der Waals surface area contributed by atoms with Gasteiger partial charge in [-0.1, -0.05) is 12.1 Å². The van der Waals surface area contributed by atoms with Gasteiger partial charge in [-0.15, -0.1) is 0 Å². The van der Waals surface area contributed by atoms with E-state index in [-0.39, 0.29) is 18.3 Å². The first kappa shape index (κ1) is 19.1. The normalized spacial score (nSPS) is 14.1. The summed E-state index contributed by atoms with van der Waals surface area (Å²) in [5.74, 6) is 0.642. The van der Waals surface area contributed by atoms with Crippen LogP contribution in [0, 0.1) is 21.4 Å². The summed E-state index contributed by atoms with van der Waals surface area (Å²) >= 11 is 0. The Morgan fingerprint density at radius 2 is 2.11 bits per heavy atom. The van der Waals surface area contributed by atoms with E-state index in [0.717, 1.165) is 6.42 Å². The number of nitro groups is 1. The Morgan fingerprint density at radius 1 is 1.25 bits per heavy atom. The smallest absolute Gasteiger partial charge is 0.317 e. The molecule has 2 heterocycles. The number of benzene rings is 1. The molecule has 0 saturated carbocycles. The number of nitriles is 1. The number of anilines is 1. The second-order valence-electron chi connectivity index (χ2n) is 6.40. The fourth-order valence-electron chi connectivity index (χ4n) is 3.14. The zero-order valence-electron chi connectivity index (χ0n) is 15.2. The van der Waals surface area contributed by atoms with Gasteiger partial charge < -0.3 is 15.1 Å². The molecule has 0 aliphatic carbocycles. The third-order valence-corrected chi connectivity index (χ3v) is 4.55. The number of aromatic nitrogens is 1. The van der Waals surface area contributed by atoms with Gasteiger partial charge in [0.15, 0.2) is 0 Å². The molecule has 0 atom stereocenters. The van der Waals surface area contributed by atoms with E-state index < -0.39 is 4.92 Å². The van der Waals surface area contributed by atoms with E-state index in [4.69, 9.17) is 0 Å². The highest BCUT2D eigenvalue weighted by atomic mass is 16.6. The summed E-state index contributed by atoms with van der Waals surface area (Å²) in [5, 5.41) is 22.9. The maximum absolute atomic E-state index is 12.5. The molecule has 2 aromatic rings. The van der Waals surface area contributed by atoms with E-state index in [9.17, 15) is 20.2 Å². The first-order valence-electron chi connectivity index (χ1n) is 8.94. The number of hydrogen-bond acceptors (Lipinski definition) is 6. The number of non-ortho nitro benzene ring substituents is 1. The molecule has 9 heteroatoms. The summed E-state index contributed by atoms with van der Waals surface area (Å²) in [6.07, 6.45) is 2.41. The molecule has 0 unspecified atom stereocenters. The molecule has 1 aliphatic rings. The first-order valence-corrected chi connectivity index (χ1v) is 8.94. The number of nitrogens with one attached hydrogen (secondary N) is 1. The molecule has 0 spiro atoms. The molecular weight excluding hydrogens is 360 g/mol. The van der Waals surface area contributed by atoms with Crippen molar-refractivity contribution in [3.63, 3.8) is 0 Å². The van der Waals surface area contributed by atoms with Crippen LogP contribution >= 0.6 is 0 Å². The van der Waals surface area contributed by atoms with E-state index >= 15 is 0 Å². The Balaban J connectivity index is 1.58. The number of hydrogen-bond donors (Lipinski definition) is 1. The van der Waals surface area contributed by atoms with E-state index in [1.807, 2.05) is 4.90 Å². The average molecular weight is 380 g/mol. The Labute approximate surface area is 162 Å². The van der Waals surface area contributed by atoms with Crippen LogP contribution in [0.1, 0.15) is 17.5 Å². The van der Waals surface area contributed by atoms with Crippen molar-refractivity contribution in [2.75, 3.05) is 31.1 Å². The summed E-state index contributed by atoms with van der Waals surface area (Å²) in [5.41, 5.74) is 1.19. The molecule has 1 aliphatic heterocycles. The lowest BCUT2D eigenvalue weighted by atomic mass is 10.2. The van der Waals surface area contributed by atoms with Gasteiger partial charge in [0.2, 0.25) is 0 Å². The lowest BCUT2D eigenvalue weighted by Gasteiger charge is -2.23. The summed E-state index contributed by atoms with van der Waals surface area (Å²) < 4.78 is 0. The third kappa shape index (κ3) is 4.54. The molecule has 28 heavy (non-hydrogen) atoms. The molecule has 0 radical (unpaired) electrons. The first-order chi connectivity index (χ1) is 13.6. The van der Waals surface area contributed by atoms with Crippen molar-refractivity contribution in [2.24, 2.45) is 0 Å². The van der Waals surface area contributed by atoms with E-state index in [2.05, 4.69) is 16.4 Å². The monoisotopic (exact) mass is 380 g/mol. The van der Waals surface area contributed by atoms with E-state index in [0.29, 0.717) is 43.1 Å². The minimum absolute atomic E-state index is 0.000761. The average Bonchev–Trinajstić information content (AvgIpc) is 2.98. The molecule has 3 rings (SSSR count). The SMILES string of the molecule is N#Cc1cccnc1N1CCCN(C(=O)NCc2cccc([N+](=O)[O-])c2)CC1. The number of nitro benzene ring substituents is 1. The summed E-state index contributed by atoms with van der Waals surface area (Å²) in [7, 11) is 0. The molecule has 1 N–H and O–H groups in total. The fraction of sp³-hybridized carbons (Fsp3) is 0.316. The number of carbonyl (C=O) groups excluding carboxylic acids is 1. The Morgan fingerprint density at radius 3 is 2.89 bits per heavy atom. The van der Waals surface area contributed by atoms with Gasteiger partial charge in [0.05, 0.1) is 10.5 Å². The number of urea groups is 1. The number of carbonyl (C=O) groups is 1. The molecule has 9 nitrogen and oxygen atoms in total. The van der Waals surface area contributed by atoms with Crippen LogP contribution in [-0.4, -0.2) is 47.0 Å². The Bertz CT molecular complexity index is 911. The van der Waals surface area contributed by atoms with Crippen molar-refractivity contribution in [3.05, 3.63) is 63.8 Å². The van der Waals surface area contributed by atoms with Crippen LogP contribution in [0.2, 0.25) is 0 Å². The second kappa shape index (κ2) is 8.81. The Kier molecular flexibility index (Phi) is 6.01. The minimum atomic E-state index is -0.457. The highest BCUT2D eigenvalue weighted by molar-refractivity contribution is 5.74. The number of amides is 2. The zero-order valence-corrected chi connectivity index (χ0v) is 15.2. The van der Waals surface area contributed by atoms with Crippen LogP contribution in [0.4, 0.5) is 16.3 Å². The van der Waals surface area contributed by atoms with Crippen LogP contribution in [0.25, 0.3) is 0 Å². The van der Waals surface area contributed by atoms with E-state index in [1.54, 1.807) is 35.4 Å². The number of nitrogens with zero attached hydrogens (tertiary/aromatic N) is 5. The maximum Gasteiger partial charge on any atom is 0.317 e. The molecule has 0 bridgehead atoms. The molecule has 1 aromatic carbocycles. The number of pyridine rings is 1. The van der Waals surface area contributed by atoms with Crippen LogP contribution in [0.5, 0.6) is 0 Å². The molecule has 1 saturated heterocycles. The lowest BCUT2D eigenvalue weighted by molar-refractivity contribution is -0.384. The molecule has 1 fully saturated rings. The standard InChI is InChI=1S/C19H20N6O3/c20-13-16-5-2-7-21-18(16)23-8-3-9-24(11-10-23)19(26)22-14-15-4-1-6-17(12-15)25(27)28/h1-2,4-7,12H,3,8-11,14H2,(H,22,26). The summed E-state index contributed by atoms with van der Waals surface area (Å²) in [4.78, 5) is 30.9. The second-order valence-corrected chi connectivity index (χ2v) is 6.40. The van der Waals surface area contributed by atoms with Crippen LogP contribution in [0.15, 0.2) is 42.6 Å². The van der Waals surface area contributed by atoms with Gasteiger partial charge in [-0.05, 0) is 24.1 Å². The van der Waals surface area contributed by atoms with Crippen molar-refractivity contribution in [3.8, 4) is 6.07 Å². The molecule has 2 amide bonds. The third-order valence-electron chi connectivity index (χ3n) is 4.55. The van der Waals surface area contributed by atoms with Crippen LogP contribution in [0.3, 0.4) is 0 Å². The zero-order chi connectivity index (χ0) is 19.9. The largest absolute Gasteiger partial charge is 0.354 e. The van der Waals surface area contributed by atoms with Gasteiger partial charge in [0, 0.05) is 51.1 Å². The Hall–Kier alpha value is -3.67. The molecular formula is C19H20N6O3. The van der Waals surface area contributed by atoms with Crippen LogP contribution < -0.4 is 10.2 Å². The summed E-state index contributed by atoms with van der Waals surface area (Å²) in [6.45, 7) is 2.60. The van der Waals surface area contributed by atoms with Crippen molar-refractivity contribution in [1.29, 1.82) is 5.26 Å². The topological polar surface area (TPSA) is 115 Å². The minimum Gasteiger partial charge on any atom is -0.354 e. The van der Waals surface area contributed by atoms with Crippen molar-refractivity contribution in [1.82, 2.24) is 15.2 Å². The lowest BCUT2D eigenvalue weighted by Crippen LogP contribution is -2.41. The van der Waals surface area contributed by atoms with Gasteiger partial charge in [-0.3, -0.25) is 10.1 Å². The van der Waals surface area contributed by atoms with Gasteiger partial charge in [-0.2, -0.15) is 5.26 Å². The highest BCUT2D eigenvalue weighted by Gasteiger charge is 2.21. The predicted octanol–water partition coefficient (Wildman–Crippen LogP) is 2.28. The van der Waals surface area contributed by atoms with Crippen LogP contribution in [-0.2, 0) is 6.54 Å². The molecule has 144 valence electrons. The quantitative estimate of drug-likeness (QED) is 0.643. The predicted molar refractivity (Wildman–Crippen MR) is 103 cm³/mol.